The summed E-state index contributed by atoms with van der Waals surface area (Å²) < 4.78 is 32.3. The Morgan fingerprint density at radius 1 is 1.09 bits per heavy atom. The molecule has 0 aliphatic rings. The highest BCUT2D eigenvalue weighted by atomic mass is 32.2. The van der Waals surface area contributed by atoms with Gasteiger partial charge in [-0.1, -0.05) is 6.07 Å². The van der Waals surface area contributed by atoms with E-state index in [9.17, 15) is 18.0 Å². The van der Waals surface area contributed by atoms with Gasteiger partial charge in [0.1, 0.15) is 5.56 Å². The van der Waals surface area contributed by atoms with Crippen molar-refractivity contribution >= 4 is 33.8 Å². The van der Waals surface area contributed by atoms with Gasteiger partial charge in [0.2, 0.25) is 5.95 Å². The fourth-order valence-corrected chi connectivity index (χ4v) is 4.20. The monoisotopic (exact) mass is 459 g/mol. The van der Waals surface area contributed by atoms with Gasteiger partial charge in [0.25, 0.3) is 10.0 Å². The maximum Gasteiger partial charge on any atom is 0.344 e. The number of ether oxygens (including phenoxy) is 1. The van der Waals surface area contributed by atoms with Crippen LogP contribution in [-0.2, 0) is 14.8 Å². The average Bonchev–Trinajstić information content (AvgIpc) is 3.18. The summed E-state index contributed by atoms with van der Waals surface area (Å²) >= 11 is 0. The van der Waals surface area contributed by atoms with Gasteiger partial charge in [-0.25, -0.2) is 24.5 Å². The molecule has 0 aliphatic heterocycles. The second-order valence-corrected chi connectivity index (χ2v) is 8.37. The lowest BCUT2D eigenvalue weighted by atomic mass is 10.3. The minimum Gasteiger partial charge on any atom is -0.462 e. The van der Waals surface area contributed by atoms with E-state index in [4.69, 9.17) is 4.74 Å². The molecule has 0 radical (unpaired) electrons. The number of esters is 1. The van der Waals surface area contributed by atoms with Gasteiger partial charge in [0.15, 0.2) is 10.8 Å². The van der Waals surface area contributed by atoms with Crippen molar-refractivity contribution in [3.63, 3.8) is 0 Å². The molecular formula is C19H21N7O5S. The average molecular weight is 459 g/mol. The highest BCUT2D eigenvalue weighted by Gasteiger charge is 2.37. The van der Waals surface area contributed by atoms with Crippen LogP contribution in [0.15, 0.2) is 35.5 Å². The molecule has 2 N–H and O–H groups in total. The molecule has 168 valence electrons. The van der Waals surface area contributed by atoms with E-state index >= 15 is 0 Å². The molecule has 0 spiro atoms. The van der Waals surface area contributed by atoms with Crippen LogP contribution in [-0.4, -0.2) is 52.2 Å². The number of carbonyl (C=O) groups is 2. The highest BCUT2D eigenvalue weighted by Crippen LogP contribution is 2.25. The number of aromatic nitrogens is 5. The Morgan fingerprint density at radius 2 is 1.78 bits per heavy atom. The number of amides is 2. The van der Waals surface area contributed by atoms with Crippen molar-refractivity contribution in [3.8, 4) is 0 Å². The van der Waals surface area contributed by atoms with E-state index < -0.39 is 27.0 Å². The predicted octanol–water partition coefficient (Wildman–Crippen LogP) is 2.12. The van der Waals surface area contributed by atoms with Crippen molar-refractivity contribution < 1.29 is 22.7 Å². The molecule has 3 heterocycles. The smallest absolute Gasteiger partial charge is 0.344 e. The van der Waals surface area contributed by atoms with E-state index in [-0.39, 0.29) is 23.9 Å². The maximum atomic E-state index is 13.5. The van der Waals surface area contributed by atoms with E-state index in [1.807, 2.05) is 0 Å². The number of carbonyl (C=O) groups excluding carboxylic acids is 2. The molecule has 3 aromatic rings. The highest BCUT2D eigenvalue weighted by molar-refractivity contribution is 7.93. The number of hydrogen-bond acceptors (Lipinski definition) is 9. The molecule has 0 atom stereocenters. The zero-order chi connectivity index (χ0) is 23.5. The molecule has 0 aromatic carbocycles. The van der Waals surface area contributed by atoms with E-state index in [0.717, 1.165) is 6.20 Å². The molecule has 12 nitrogen and oxygen atoms in total. The van der Waals surface area contributed by atoms with Gasteiger partial charge in [0, 0.05) is 17.1 Å². The van der Waals surface area contributed by atoms with Gasteiger partial charge in [-0.2, -0.15) is 17.8 Å². The van der Waals surface area contributed by atoms with E-state index in [1.54, 1.807) is 45.9 Å². The number of nitrogens with zero attached hydrogens (tertiary/aromatic N) is 5. The van der Waals surface area contributed by atoms with Crippen LogP contribution >= 0.6 is 0 Å². The summed E-state index contributed by atoms with van der Waals surface area (Å²) in [4.78, 5) is 37.7. The third-order valence-electron chi connectivity index (χ3n) is 4.07. The molecule has 0 fully saturated rings. The van der Waals surface area contributed by atoms with Crippen molar-refractivity contribution in [2.75, 3.05) is 16.2 Å². The predicted molar refractivity (Wildman–Crippen MR) is 114 cm³/mol. The van der Waals surface area contributed by atoms with E-state index in [1.165, 1.54) is 6.07 Å². The summed E-state index contributed by atoms with van der Waals surface area (Å²) in [7, 11) is -4.68. The van der Waals surface area contributed by atoms with Crippen LogP contribution in [0.4, 0.5) is 16.6 Å². The molecule has 2 amide bonds. The molecule has 0 aliphatic carbocycles. The molecular weight excluding hydrogens is 438 g/mol. The van der Waals surface area contributed by atoms with E-state index in [0.29, 0.717) is 21.4 Å². The molecule has 3 rings (SSSR count). The first kappa shape index (κ1) is 22.8. The van der Waals surface area contributed by atoms with Crippen LogP contribution < -0.4 is 9.62 Å². The molecule has 32 heavy (non-hydrogen) atoms. The molecule has 0 bridgehead atoms. The normalized spacial score (nSPS) is 11.1. The number of pyridine rings is 1. The van der Waals surface area contributed by atoms with Crippen molar-refractivity contribution in [1.29, 1.82) is 0 Å². The van der Waals surface area contributed by atoms with Crippen LogP contribution in [0, 0.1) is 20.8 Å². The van der Waals surface area contributed by atoms with Crippen LogP contribution in [0.2, 0.25) is 0 Å². The van der Waals surface area contributed by atoms with E-state index in [2.05, 4.69) is 30.5 Å². The number of H-pyrrole nitrogens is 1. The Hall–Kier alpha value is -3.87. The fourth-order valence-electron chi connectivity index (χ4n) is 2.82. The zero-order valence-electron chi connectivity index (χ0n) is 17.8. The summed E-state index contributed by atoms with van der Waals surface area (Å²) in [5.74, 6) is -1.19. The van der Waals surface area contributed by atoms with Gasteiger partial charge >= 0.3 is 12.0 Å². The SMILES string of the molecule is CCOC(=O)c1cn[nH]c1S(=O)(=O)N(C(=O)Nc1nc(C)cc(C)n1)c1cccc(C)n1. The number of urea groups is 1. The Balaban J connectivity index is 2.10. The van der Waals surface area contributed by atoms with Crippen LogP contribution in [0.1, 0.15) is 34.4 Å². The first-order valence-electron chi connectivity index (χ1n) is 9.46. The van der Waals surface area contributed by atoms with Crippen LogP contribution in [0.25, 0.3) is 0 Å². The lowest BCUT2D eigenvalue weighted by molar-refractivity contribution is 0.0521. The number of hydrogen-bond donors (Lipinski definition) is 2. The number of rotatable bonds is 6. The number of nitrogens with one attached hydrogen (secondary N) is 2. The van der Waals surface area contributed by atoms with Crippen molar-refractivity contribution in [1.82, 2.24) is 25.1 Å². The lowest BCUT2D eigenvalue weighted by Crippen LogP contribution is -2.41. The maximum absolute atomic E-state index is 13.5. The third kappa shape index (κ3) is 4.72. The van der Waals surface area contributed by atoms with Crippen molar-refractivity contribution in [2.24, 2.45) is 0 Å². The van der Waals surface area contributed by atoms with Gasteiger partial charge in [0.05, 0.1) is 12.8 Å². The molecule has 3 aromatic heterocycles. The number of aryl methyl sites for hydroxylation is 3. The van der Waals surface area contributed by atoms with Crippen LogP contribution in [0.5, 0.6) is 0 Å². The zero-order valence-corrected chi connectivity index (χ0v) is 18.6. The summed E-state index contributed by atoms with van der Waals surface area (Å²) in [5, 5.41) is 7.67. The van der Waals surface area contributed by atoms with Crippen molar-refractivity contribution in [2.45, 2.75) is 32.7 Å². The minimum atomic E-state index is -4.68. The third-order valence-corrected chi connectivity index (χ3v) is 5.73. The van der Waals surface area contributed by atoms with Crippen LogP contribution in [0.3, 0.4) is 0 Å². The van der Waals surface area contributed by atoms with Gasteiger partial charge in [-0.3, -0.25) is 10.4 Å². The Bertz CT molecular complexity index is 1250. The van der Waals surface area contributed by atoms with Gasteiger partial charge in [-0.05, 0) is 45.9 Å². The summed E-state index contributed by atoms with van der Waals surface area (Å²) in [6, 6.07) is 5.12. The Labute approximate surface area is 184 Å². The number of anilines is 2. The van der Waals surface area contributed by atoms with Crippen molar-refractivity contribution in [3.05, 3.63) is 53.1 Å². The molecule has 0 saturated carbocycles. The standard InChI is InChI=1S/C19H21N7O5S/c1-5-31-17(27)14-10-20-25-16(14)32(29,30)26(15-8-6-7-11(2)21-15)19(28)24-18-22-12(3)9-13(4)23-18/h6-10H,5H2,1-4H3,(H,20,25)(H,22,23,24,28). The summed E-state index contributed by atoms with van der Waals surface area (Å²) in [5.41, 5.74) is 1.27. The molecule has 0 saturated heterocycles. The molecule has 13 heteroatoms. The van der Waals surface area contributed by atoms with Gasteiger partial charge in [-0.15, -0.1) is 0 Å². The largest absolute Gasteiger partial charge is 0.462 e. The first-order chi connectivity index (χ1) is 15.1. The first-order valence-corrected chi connectivity index (χ1v) is 10.9. The quantitative estimate of drug-likeness (QED) is 0.526. The minimum absolute atomic E-state index is 0.0250. The second kappa shape index (κ2) is 9.09. The summed E-state index contributed by atoms with van der Waals surface area (Å²) in [6.45, 7) is 6.65. The Morgan fingerprint density at radius 3 is 2.41 bits per heavy atom. The number of sulfonamides is 1. The second-order valence-electron chi connectivity index (χ2n) is 6.64. The summed E-state index contributed by atoms with van der Waals surface area (Å²) in [6.07, 6.45) is 1.01. The fraction of sp³-hybridized carbons (Fsp3) is 0.263. The number of aromatic amines is 1. The lowest BCUT2D eigenvalue weighted by Gasteiger charge is -2.21. The van der Waals surface area contributed by atoms with Gasteiger partial charge < -0.3 is 4.74 Å². The topological polar surface area (TPSA) is 160 Å². The molecule has 0 unspecified atom stereocenters. The Kier molecular flexibility index (Phi) is 6.48.